The molecule has 23 heavy (non-hydrogen) atoms. The SMILES string of the molecule is CC1=C(/C=C/C(C)=C/C=C/C(C)=C/C(N)=O)C(C)(C)CCC1=O. The van der Waals surface area contributed by atoms with Crippen molar-refractivity contribution < 1.29 is 9.59 Å². The summed E-state index contributed by atoms with van der Waals surface area (Å²) < 4.78 is 0. The van der Waals surface area contributed by atoms with Gasteiger partial charge in [0.1, 0.15) is 0 Å². The maximum Gasteiger partial charge on any atom is 0.241 e. The molecule has 1 aliphatic rings. The van der Waals surface area contributed by atoms with Gasteiger partial charge in [-0.05, 0) is 49.3 Å². The van der Waals surface area contributed by atoms with E-state index >= 15 is 0 Å². The molecule has 0 atom stereocenters. The highest BCUT2D eigenvalue weighted by Crippen LogP contribution is 2.39. The van der Waals surface area contributed by atoms with E-state index < -0.39 is 5.91 Å². The van der Waals surface area contributed by atoms with Crippen LogP contribution >= 0.6 is 0 Å². The Morgan fingerprint density at radius 3 is 2.43 bits per heavy atom. The Kier molecular flexibility index (Phi) is 6.49. The summed E-state index contributed by atoms with van der Waals surface area (Å²) in [6.45, 7) is 10.1. The lowest BCUT2D eigenvalue weighted by Gasteiger charge is -2.32. The Morgan fingerprint density at radius 2 is 1.83 bits per heavy atom. The van der Waals surface area contributed by atoms with Crippen LogP contribution in [0.15, 0.2) is 58.7 Å². The molecule has 0 bridgehead atoms. The molecule has 0 aromatic heterocycles. The standard InChI is InChI=1S/C20H27NO2/c1-14(7-6-8-15(2)13-19(21)23)9-10-17-16(3)18(22)11-12-20(17,4)5/h6-10,13H,11-12H2,1-5H3,(H2,21,23)/b8-6+,10-9+,14-7+,15-13+. The van der Waals surface area contributed by atoms with Gasteiger partial charge in [0.25, 0.3) is 0 Å². The Bertz CT molecular complexity index is 641. The molecule has 0 unspecified atom stereocenters. The van der Waals surface area contributed by atoms with Crippen LogP contribution < -0.4 is 5.73 Å². The van der Waals surface area contributed by atoms with Gasteiger partial charge in [0.15, 0.2) is 5.78 Å². The topological polar surface area (TPSA) is 60.2 Å². The summed E-state index contributed by atoms with van der Waals surface area (Å²) in [7, 11) is 0. The second kappa shape index (κ2) is 7.91. The van der Waals surface area contributed by atoms with E-state index in [1.54, 1.807) is 0 Å². The van der Waals surface area contributed by atoms with Crippen molar-refractivity contribution in [2.24, 2.45) is 11.1 Å². The summed E-state index contributed by atoms with van der Waals surface area (Å²) >= 11 is 0. The molecule has 0 aliphatic heterocycles. The van der Waals surface area contributed by atoms with Crippen molar-refractivity contribution in [1.29, 1.82) is 0 Å². The first-order chi connectivity index (χ1) is 10.6. The predicted octanol–water partition coefficient (Wildman–Crippen LogP) is 4.18. The fourth-order valence-corrected chi connectivity index (χ4v) is 2.65. The second-order valence-corrected chi connectivity index (χ2v) is 6.74. The number of primary amides is 1. The van der Waals surface area contributed by atoms with E-state index in [4.69, 9.17) is 5.73 Å². The first-order valence-electron chi connectivity index (χ1n) is 7.89. The van der Waals surface area contributed by atoms with Gasteiger partial charge in [-0.25, -0.2) is 0 Å². The summed E-state index contributed by atoms with van der Waals surface area (Å²) in [6, 6.07) is 0. The van der Waals surface area contributed by atoms with Crippen LogP contribution in [0.5, 0.6) is 0 Å². The van der Waals surface area contributed by atoms with Gasteiger partial charge in [0, 0.05) is 12.5 Å². The number of Topliss-reactive ketones (excluding diaryl/α,β-unsaturated/α-hetero) is 1. The molecule has 0 saturated carbocycles. The summed E-state index contributed by atoms with van der Waals surface area (Å²) in [6.07, 6.45) is 12.7. The maximum atomic E-state index is 11.9. The minimum absolute atomic E-state index is 0.0332. The molecule has 3 nitrogen and oxygen atoms in total. The Morgan fingerprint density at radius 1 is 1.17 bits per heavy atom. The second-order valence-electron chi connectivity index (χ2n) is 6.74. The van der Waals surface area contributed by atoms with Crippen molar-refractivity contribution in [3.63, 3.8) is 0 Å². The molecule has 0 aromatic carbocycles. The van der Waals surface area contributed by atoms with E-state index in [1.807, 2.05) is 45.1 Å². The Labute approximate surface area is 139 Å². The average molecular weight is 313 g/mol. The number of carbonyl (C=O) groups excluding carboxylic acids is 2. The van der Waals surface area contributed by atoms with Gasteiger partial charge >= 0.3 is 0 Å². The molecule has 1 aliphatic carbocycles. The average Bonchev–Trinajstić information content (AvgIpc) is 2.42. The molecule has 2 N–H and O–H groups in total. The van der Waals surface area contributed by atoms with E-state index in [2.05, 4.69) is 19.9 Å². The molecule has 0 saturated heterocycles. The van der Waals surface area contributed by atoms with E-state index in [9.17, 15) is 9.59 Å². The van der Waals surface area contributed by atoms with Crippen LogP contribution in [0, 0.1) is 5.41 Å². The summed E-state index contributed by atoms with van der Waals surface area (Å²) in [5.74, 6) is -0.197. The minimum Gasteiger partial charge on any atom is -0.366 e. The smallest absolute Gasteiger partial charge is 0.241 e. The lowest BCUT2D eigenvalue weighted by Crippen LogP contribution is -2.24. The van der Waals surface area contributed by atoms with E-state index in [-0.39, 0.29) is 11.2 Å². The number of carbonyl (C=O) groups is 2. The highest BCUT2D eigenvalue weighted by Gasteiger charge is 2.30. The number of rotatable bonds is 5. The zero-order chi connectivity index (χ0) is 17.6. The van der Waals surface area contributed by atoms with Gasteiger partial charge < -0.3 is 5.73 Å². The van der Waals surface area contributed by atoms with Crippen molar-refractivity contribution in [2.45, 2.75) is 47.5 Å². The molecule has 0 heterocycles. The van der Waals surface area contributed by atoms with Gasteiger partial charge in [-0.3, -0.25) is 9.59 Å². The molecular weight excluding hydrogens is 286 g/mol. The largest absolute Gasteiger partial charge is 0.366 e. The van der Waals surface area contributed by atoms with Crippen molar-refractivity contribution in [2.75, 3.05) is 0 Å². The molecule has 124 valence electrons. The van der Waals surface area contributed by atoms with Crippen LogP contribution in [0.2, 0.25) is 0 Å². The van der Waals surface area contributed by atoms with Gasteiger partial charge in [0.05, 0.1) is 0 Å². The highest BCUT2D eigenvalue weighted by atomic mass is 16.1. The monoisotopic (exact) mass is 313 g/mol. The van der Waals surface area contributed by atoms with Crippen molar-refractivity contribution >= 4 is 11.7 Å². The van der Waals surface area contributed by atoms with E-state index in [1.165, 1.54) is 6.08 Å². The third kappa shape index (κ3) is 5.85. The molecule has 0 spiro atoms. The normalized spacial score (nSPS) is 20.0. The molecule has 0 fully saturated rings. The lowest BCUT2D eigenvalue weighted by atomic mass is 9.72. The third-order valence-electron chi connectivity index (χ3n) is 4.13. The van der Waals surface area contributed by atoms with Crippen molar-refractivity contribution in [3.05, 3.63) is 58.7 Å². The minimum atomic E-state index is -0.445. The number of hydrogen-bond acceptors (Lipinski definition) is 2. The number of ketones is 1. The molecular formula is C20H27NO2. The van der Waals surface area contributed by atoms with Gasteiger partial charge in [-0.1, -0.05) is 49.8 Å². The third-order valence-corrected chi connectivity index (χ3v) is 4.13. The summed E-state index contributed by atoms with van der Waals surface area (Å²) in [5.41, 5.74) is 9.01. The van der Waals surface area contributed by atoms with Crippen LogP contribution in [0.25, 0.3) is 0 Å². The first kappa shape index (κ1) is 18.9. The summed E-state index contributed by atoms with van der Waals surface area (Å²) in [5, 5.41) is 0. The van der Waals surface area contributed by atoms with Crippen LogP contribution in [0.3, 0.4) is 0 Å². The van der Waals surface area contributed by atoms with Gasteiger partial charge in [0.2, 0.25) is 5.91 Å². The van der Waals surface area contributed by atoms with E-state index in [0.29, 0.717) is 6.42 Å². The fraction of sp³-hybridized carbons (Fsp3) is 0.400. The molecule has 1 rings (SSSR count). The quantitative estimate of drug-likeness (QED) is 0.611. The molecule has 3 heteroatoms. The summed E-state index contributed by atoms with van der Waals surface area (Å²) in [4.78, 5) is 22.7. The zero-order valence-corrected chi connectivity index (χ0v) is 14.8. The Hall–Kier alpha value is -2.16. The zero-order valence-electron chi connectivity index (χ0n) is 14.8. The fourth-order valence-electron chi connectivity index (χ4n) is 2.65. The van der Waals surface area contributed by atoms with Gasteiger partial charge in [-0.2, -0.15) is 0 Å². The van der Waals surface area contributed by atoms with Crippen LogP contribution in [-0.2, 0) is 9.59 Å². The first-order valence-corrected chi connectivity index (χ1v) is 7.89. The molecule has 1 amide bonds. The van der Waals surface area contributed by atoms with Crippen LogP contribution in [0.4, 0.5) is 0 Å². The number of amides is 1. The maximum absolute atomic E-state index is 11.9. The van der Waals surface area contributed by atoms with Gasteiger partial charge in [-0.15, -0.1) is 0 Å². The lowest BCUT2D eigenvalue weighted by molar-refractivity contribution is -0.116. The van der Waals surface area contributed by atoms with Crippen molar-refractivity contribution in [3.8, 4) is 0 Å². The predicted molar refractivity (Wildman–Crippen MR) is 95.7 cm³/mol. The Balaban J connectivity index is 2.89. The molecule has 0 aromatic rings. The van der Waals surface area contributed by atoms with Crippen LogP contribution in [0.1, 0.15) is 47.5 Å². The van der Waals surface area contributed by atoms with Crippen LogP contribution in [-0.4, -0.2) is 11.7 Å². The molecule has 0 radical (unpaired) electrons. The van der Waals surface area contributed by atoms with Crippen molar-refractivity contribution in [1.82, 2.24) is 0 Å². The van der Waals surface area contributed by atoms with E-state index in [0.717, 1.165) is 28.7 Å². The number of hydrogen-bond donors (Lipinski definition) is 1. The highest BCUT2D eigenvalue weighted by molar-refractivity contribution is 5.97. The number of allylic oxidation sites excluding steroid dienone is 9. The number of nitrogens with two attached hydrogens (primary N) is 1.